The first-order valence-corrected chi connectivity index (χ1v) is 6.22. The molecule has 1 heterocycles. The van der Waals surface area contributed by atoms with Gasteiger partial charge >= 0.3 is 12.0 Å². The number of rotatable bonds is 2. The van der Waals surface area contributed by atoms with Crippen LogP contribution in [-0.2, 0) is 4.79 Å². The zero-order valence-corrected chi connectivity index (χ0v) is 10.6. The number of nitrogens with one attached hydrogen (secondary N) is 1. The lowest BCUT2D eigenvalue weighted by Gasteiger charge is -2.30. The summed E-state index contributed by atoms with van der Waals surface area (Å²) in [5.41, 5.74) is -0.519. The molecule has 1 fully saturated rings. The van der Waals surface area contributed by atoms with Crippen LogP contribution in [0.3, 0.4) is 0 Å². The number of piperidine rings is 1. The summed E-state index contributed by atoms with van der Waals surface area (Å²) in [7, 11) is 0. The van der Waals surface area contributed by atoms with Crippen LogP contribution in [0.1, 0.15) is 12.8 Å². The van der Waals surface area contributed by atoms with Crippen molar-refractivity contribution >= 4 is 17.7 Å². The molecule has 1 atom stereocenters. The number of carbonyl (C=O) groups is 2. The molecule has 0 aromatic heterocycles. The summed E-state index contributed by atoms with van der Waals surface area (Å²) in [6.07, 6.45) is 1.04. The number of halogens is 2. The van der Waals surface area contributed by atoms with Crippen molar-refractivity contribution in [2.75, 3.05) is 18.4 Å². The van der Waals surface area contributed by atoms with Gasteiger partial charge in [-0.15, -0.1) is 0 Å². The summed E-state index contributed by atoms with van der Waals surface area (Å²) in [5.74, 6) is -3.35. The van der Waals surface area contributed by atoms with Crippen molar-refractivity contribution < 1.29 is 23.5 Å². The first kappa shape index (κ1) is 14.2. The van der Waals surface area contributed by atoms with Gasteiger partial charge in [0.05, 0.1) is 5.92 Å². The van der Waals surface area contributed by atoms with E-state index in [9.17, 15) is 18.4 Å². The highest BCUT2D eigenvalue weighted by Crippen LogP contribution is 2.21. The van der Waals surface area contributed by atoms with Crippen molar-refractivity contribution in [3.63, 3.8) is 0 Å². The fourth-order valence-electron chi connectivity index (χ4n) is 2.17. The van der Waals surface area contributed by atoms with Crippen molar-refractivity contribution in [2.45, 2.75) is 12.8 Å². The number of urea groups is 1. The number of para-hydroxylation sites is 1. The van der Waals surface area contributed by atoms with Crippen LogP contribution >= 0.6 is 0 Å². The number of hydrogen-bond donors (Lipinski definition) is 2. The lowest BCUT2D eigenvalue weighted by atomic mass is 9.99. The Hall–Kier alpha value is -2.18. The van der Waals surface area contributed by atoms with Gasteiger partial charge in [0, 0.05) is 13.1 Å². The quantitative estimate of drug-likeness (QED) is 0.875. The molecule has 1 saturated heterocycles. The van der Waals surface area contributed by atoms with Gasteiger partial charge in [0.2, 0.25) is 0 Å². The van der Waals surface area contributed by atoms with E-state index in [1.54, 1.807) is 0 Å². The van der Waals surface area contributed by atoms with Crippen LogP contribution in [0, 0.1) is 17.6 Å². The van der Waals surface area contributed by atoms with E-state index in [1.807, 2.05) is 0 Å². The molecule has 1 aliphatic heterocycles. The minimum Gasteiger partial charge on any atom is -0.481 e. The Balaban J connectivity index is 2.06. The van der Waals surface area contributed by atoms with Gasteiger partial charge in [-0.05, 0) is 25.0 Å². The fourth-order valence-corrected chi connectivity index (χ4v) is 2.17. The molecule has 5 nitrogen and oxygen atoms in total. The topological polar surface area (TPSA) is 69.6 Å². The van der Waals surface area contributed by atoms with E-state index >= 15 is 0 Å². The highest BCUT2D eigenvalue weighted by atomic mass is 19.1. The zero-order valence-electron chi connectivity index (χ0n) is 10.6. The molecular formula is C13H14F2N2O3. The molecule has 0 saturated carbocycles. The van der Waals surface area contributed by atoms with Gasteiger partial charge in [0.1, 0.15) is 17.3 Å². The Kier molecular flexibility index (Phi) is 4.16. The predicted octanol–water partition coefficient (Wildman–Crippen LogP) is 2.29. The van der Waals surface area contributed by atoms with E-state index < -0.39 is 35.2 Å². The minimum atomic E-state index is -0.973. The summed E-state index contributed by atoms with van der Waals surface area (Å²) >= 11 is 0. The molecule has 2 N–H and O–H groups in total. The minimum absolute atomic E-state index is 0.0389. The van der Waals surface area contributed by atoms with Crippen molar-refractivity contribution in [3.8, 4) is 0 Å². The van der Waals surface area contributed by atoms with Crippen LogP contribution in [0.4, 0.5) is 19.3 Å². The molecule has 2 amide bonds. The van der Waals surface area contributed by atoms with E-state index in [0.29, 0.717) is 19.4 Å². The van der Waals surface area contributed by atoms with E-state index in [4.69, 9.17) is 5.11 Å². The van der Waals surface area contributed by atoms with Gasteiger partial charge in [0.25, 0.3) is 0 Å². The average molecular weight is 284 g/mol. The first-order chi connectivity index (χ1) is 9.49. The van der Waals surface area contributed by atoms with Crippen molar-refractivity contribution in [2.24, 2.45) is 5.92 Å². The summed E-state index contributed by atoms with van der Waals surface area (Å²) in [6.45, 7) is 0.406. The number of anilines is 1. The third-order valence-corrected chi connectivity index (χ3v) is 3.25. The van der Waals surface area contributed by atoms with Gasteiger partial charge in [-0.2, -0.15) is 0 Å². The van der Waals surface area contributed by atoms with Gasteiger partial charge in [-0.25, -0.2) is 13.6 Å². The Morgan fingerprint density at radius 1 is 1.30 bits per heavy atom. The third-order valence-electron chi connectivity index (χ3n) is 3.25. The van der Waals surface area contributed by atoms with Crippen LogP contribution < -0.4 is 5.32 Å². The largest absolute Gasteiger partial charge is 0.481 e. The molecule has 20 heavy (non-hydrogen) atoms. The summed E-state index contributed by atoms with van der Waals surface area (Å²) in [4.78, 5) is 24.1. The van der Waals surface area contributed by atoms with Crippen LogP contribution in [-0.4, -0.2) is 35.1 Å². The van der Waals surface area contributed by atoms with Gasteiger partial charge in [-0.3, -0.25) is 4.79 Å². The number of amides is 2. The van der Waals surface area contributed by atoms with E-state index in [2.05, 4.69) is 5.32 Å². The normalized spacial score (nSPS) is 18.7. The van der Waals surface area contributed by atoms with E-state index in [0.717, 1.165) is 12.1 Å². The molecule has 1 aliphatic rings. The monoisotopic (exact) mass is 284 g/mol. The lowest BCUT2D eigenvalue weighted by Crippen LogP contribution is -2.44. The van der Waals surface area contributed by atoms with Crippen molar-refractivity contribution in [1.29, 1.82) is 0 Å². The third kappa shape index (κ3) is 3.04. The van der Waals surface area contributed by atoms with Crippen LogP contribution in [0.5, 0.6) is 0 Å². The number of hydrogen-bond acceptors (Lipinski definition) is 2. The van der Waals surface area contributed by atoms with Gasteiger partial charge in [0.15, 0.2) is 0 Å². The number of carboxylic acid groups (broad SMARTS) is 1. The maximum Gasteiger partial charge on any atom is 0.322 e. The molecule has 1 aromatic carbocycles. The zero-order chi connectivity index (χ0) is 14.7. The molecule has 1 aromatic rings. The second-order valence-corrected chi connectivity index (χ2v) is 4.65. The van der Waals surface area contributed by atoms with E-state index in [-0.39, 0.29) is 6.54 Å². The highest BCUT2D eigenvalue weighted by Gasteiger charge is 2.28. The maximum atomic E-state index is 13.4. The Bertz CT molecular complexity index is 516. The second kappa shape index (κ2) is 5.85. The average Bonchev–Trinajstić information content (AvgIpc) is 2.43. The molecular weight excluding hydrogens is 270 g/mol. The maximum absolute atomic E-state index is 13.4. The Labute approximate surface area is 114 Å². The van der Waals surface area contributed by atoms with E-state index in [1.165, 1.54) is 11.0 Å². The first-order valence-electron chi connectivity index (χ1n) is 6.22. The molecule has 2 rings (SSSR count). The Morgan fingerprint density at radius 3 is 2.55 bits per heavy atom. The molecule has 0 bridgehead atoms. The van der Waals surface area contributed by atoms with Crippen LogP contribution in [0.15, 0.2) is 18.2 Å². The van der Waals surface area contributed by atoms with Crippen molar-refractivity contribution in [1.82, 2.24) is 4.90 Å². The van der Waals surface area contributed by atoms with Gasteiger partial charge < -0.3 is 15.3 Å². The molecule has 0 unspecified atom stereocenters. The summed E-state index contributed by atoms with van der Waals surface area (Å²) < 4.78 is 26.8. The summed E-state index contributed by atoms with van der Waals surface area (Å²) in [5, 5.41) is 11.1. The Morgan fingerprint density at radius 2 is 1.95 bits per heavy atom. The molecule has 7 heteroatoms. The lowest BCUT2D eigenvalue weighted by molar-refractivity contribution is -0.143. The fraction of sp³-hybridized carbons (Fsp3) is 0.385. The molecule has 0 spiro atoms. The summed E-state index contributed by atoms with van der Waals surface area (Å²) in [6, 6.07) is 2.57. The second-order valence-electron chi connectivity index (χ2n) is 4.65. The number of carboxylic acids is 1. The molecule has 108 valence electrons. The molecule has 0 radical (unpaired) electrons. The number of nitrogens with zero attached hydrogens (tertiary/aromatic N) is 1. The predicted molar refractivity (Wildman–Crippen MR) is 67.3 cm³/mol. The SMILES string of the molecule is O=C(O)[C@@H]1CCCN(C(=O)Nc2c(F)cccc2F)C1. The highest BCUT2D eigenvalue weighted by molar-refractivity contribution is 5.90. The number of carbonyl (C=O) groups excluding carboxylic acids is 1. The van der Waals surface area contributed by atoms with Crippen LogP contribution in [0.25, 0.3) is 0 Å². The number of likely N-dealkylation sites (tertiary alicyclic amines) is 1. The van der Waals surface area contributed by atoms with Crippen molar-refractivity contribution in [3.05, 3.63) is 29.8 Å². The van der Waals surface area contributed by atoms with Gasteiger partial charge in [-0.1, -0.05) is 6.07 Å². The number of benzene rings is 1. The van der Waals surface area contributed by atoms with Crippen LogP contribution in [0.2, 0.25) is 0 Å². The smallest absolute Gasteiger partial charge is 0.322 e. The number of aliphatic carboxylic acids is 1. The standard InChI is InChI=1S/C13H14F2N2O3/c14-9-4-1-5-10(15)11(9)16-13(20)17-6-2-3-8(7-17)12(18)19/h1,4-5,8H,2-3,6-7H2,(H,16,20)(H,18,19)/t8-/m1/s1. The molecule has 0 aliphatic carbocycles.